The van der Waals surface area contributed by atoms with Gasteiger partial charge < -0.3 is 24.8 Å². The third-order valence-corrected chi connectivity index (χ3v) is 5.50. The maximum absolute atomic E-state index is 12.8. The van der Waals surface area contributed by atoms with Crippen molar-refractivity contribution < 1.29 is 4.74 Å². The highest BCUT2D eigenvalue weighted by Gasteiger charge is 2.14. The molecule has 0 unspecified atom stereocenters. The van der Waals surface area contributed by atoms with Gasteiger partial charge in [-0.3, -0.25) is 4.79 Å². The van der Waals surface area contributed by atoms with Crippen LogP contribution in [0.3, 0.4) is 0 Å². The van der Waals surface area contributed by atoms with Crippen LogP contribution in [0.1, 0.15) is 17.5 Å². The van der Waals surface area contributed by atoms with Crippen molar-refractivity contribution in [3.05, 3.63) is 76.1 Å². The van der Waals surface area contributed by atoms with Crippen molar-refractivity contribution in [1.82, 2.24) is 20.1 Å². The second-order valence-electron chi connectivity index (χ2n) is 7.80. The Morgan fingerprint density at radius 1 is 1.10 bits per heavy atom. The molecule has 0 radical (unpaired) electrons. The second-order valence-corrected chi connectivity index (χ2v) is 8.19. The van der Waals surface area contributed by atoms with Crippen LogP contribution < -0.4 is 15.6 Å². The molecule has 0 aliphatic rings. The lowest BCUT2D eigenvalue weighted by Gasteiger charge is -2.26. The fraction of sp³-hybridized carbons (Fsp3) is 0.333. The molecule has 0 saturated heterocycles. The summed E-state index contributed by atoms with van der Waals surface area (Å²) in [4.78, 5) is 20.0. The lowest BCUT2D eigenvalue weighted by atomic mass is 10.1. The number of nitrogens with one attached hydrogen (secondary N) is 2. The number of pyridine rings is 1. The number of aromatic amines is 1. The molecule has 0 fully saturated rings. The van der Waals surface area contributed by atoms with Crippen LogP contribution in [0.25, 0.3) is 10.9 Å². The van der Waals surface area contributed by atoms with Gasteiger partial charge in [-0.15, -0.1) is 0 Å². The van der Waals surface area contributed by atoms with E-state index in [9.17, 15) is 4.79 Å². The summed E-state index contributed by atoms with van der Waals surface area (Å²) in [6.07, 6.45) is 0.947. The summed E-state index contributed by atoms with van der Waals surface area (Å²) in [5.74, 6) is 0.715. The molecule has 7 heteroatoms. The second kappa shape index (κ2) is 10.9. The van der Waals surface area contributed by atoms with E-state index in [0.29, 0.717) is 29.5 Å². The molecule has 0 amide bonds. The predicted octanol–water partition coefficient (Wildman–Crippen LogP) is 3.37. The zero-order chi connectivity index (χ0) is 22.2. The minimum absolute atomic E-state index is 0.107. The van der Waals surface area contributed by atoms with E-state index in [-0.39, 0.29) is 5.56 Å². The van der Waals surface area contributed by atoms with Crippen LogP contribution in [0.4, 0.5) is 0 Å². The number of hydrogen-bond donors (Lipinski definition) is 2. The first-order valence-corrected chi connectivity index (χ1v) is 10.8. The van der Waals surface area contributed by atoms with Crippen LogP contribution in [0, 0.1) is 0 Å². The highest BCUT2D eigenvalue weighted by molar-refractivity contribution is 7.80. The molecule has 0 saturated carbocycles. The minimum atomic E-state index is -0.107. The molecule has 2 aromatic carbocycles. The highest BCUT2D eigenvalue weighted by Crippen LogP contribution is 2.19. The molecule has 1 aromatic heterocycles. The van der Waals surface area contributed by atoms with Crippen LogP contribution in [-0.4, -0.2) is 54.2 Å². The van der Waals surface area contributed by atoms with E-state index in [1.807, 2.05) is 42.5 Å². The smallest absolute Gasteiger partial charge is 0.253 e. The summed E-state index contributed by atoms with van der Waals surface area (Å²) in [5.41, 5.74) is 2.50. The zero-order valence-corrected chi connectivity index (χ0v) is 19.2. The Balaban J connectivity index is 1.77. The molecular weight excluding hydrogens is 408 g/mol. The number of rotatable bonds is 9. The van der Waals surface area contributed by atoms with Gasteiger partial charge in [0.2, 0.25) is 0 Å². The summed E-state index contributed by atoms with van der Waals surface area (Å²) in [7, 11) is 5.72. The van der Waals surface area contributed by atoms with Gasteiger partial charge in [0.15, 0.2) is 5.11 Å². The van der Waals surface area contributed by atoms with Crippen molar-refractivity contribution in [2.45, 2.75) is 19.5 Å². The van der Waals surface area contributed by atoms with Crippen molar-refractivity contribution in [3.8, 4) is 5.75 Å². The predicted molar refractivity (Wildman–Crippen MR) is 131 cm³/mol. The summed E-state index contributed by atoms with van der Waals surface area (Å²) in [6, 6.07) is 17.8. The topological polar surface area (TPSA) is 60.6 Å². The molecule has 0 aliphatic heterocycles. The molecule has 0 aliphatic carbocycles. The Hall–Kier alpha value is -2.90. The van der Waals surface area contributed by atoms with Crippen molar-refractivity contribution in [1.29, 1.82) is 0 Å². The molecular formula is C24H30N4O2S. The lowest BCUT2D eigenvalue weighted by Crippen LogP contribution is -2.41. The van der Waals surface area contributed by atoms with Crippen LogP contribution in [0.5, 0.6) is 5.75 Å². The molecule has 0 spiro atoms. The first-order chi connectivity index (χ1) is 15.0. The quantitative estimate of drug-likeness (QED) is 0.500. The number of ether oxygens (including phenoxy) is 1. The van der Waals surface area contributed by atoms with E-state index in [1.54, 1.807) is 7.11 Å². The number of nitrogens with zero attached hydrogens (tertiary/aromatic N) is 2. The number of thiocarbonyl (C=S) groups is 1. The monoisotopic (exact) mass is 438 g/mol. The van der Waals surface area contributed by atoms with Crippen molar-refractivity contribution >= 4 is 28.2 Å². The number of methoxy groups -OCH3 is 1. The number of aromatic nitrogens is 1. The Labute approximate surface area is 188 Å². The normalized spacial score (nSPS) is 11.0. The van der Waals surface area contributed by atoms with E-state index in [2.05, 4.69) is 46.3 Å². The molecule has 3 aromatic rings. The molecule has 6 nitrogen and oxygen atoms in total. The average Bonchev–Trinajstić information content (AvgIpc) is 2.77. The average molecular weight is 439 g/mol. The van der Waals surface area contributed by atoms with Gasteiger partial charge in [-0.25, -0.2) is 0 Å². The van der Waals surface area contributed by atoms with Gasteiger partial charge >= 0.3 is 0 Å². The maximum atomic E-state index is 12.8. The highest BCUT2D eigenvalue weighted by atomic mass is 32.1. The Morgan fingerprint density at radius 3 is 2.58 bits per heavy atom. The van der Waals surface area contributed by atoms with Gasteiger partial charge in [-0.1, -0.05) is 30.3 Å². The maximum Gasteiger partial charge on any atom is 0.253 e. The number of benzene rings is 2. The van der Waals surface area contributed by atoms with Gasteiger partial charge in [-0.05, 0) is 68.4 Å². The third kappa shape index (κ3) is 6.54. The molecule has 0 bridgehead atoms. The van der Waals surface area contributed by atoms with Crippen molar-refractivity contribution in [2.24, 2.45) is 0 Å². The molecule has 2 N–H and O–H groups in total. The standard InChI is InChI=1S/C24H30N4O2S/c1-27(2)12-7-13-28(24(31)25-16-18-8-5-4-6-9-18)17-20-14-19-10-11-21(30-3)15-22(19)26-23(20)29/h4-6,8-11,14-15H,7,12-13,16-17H2,1-3H3,(H,25,31)(H,26,29). The number of fused-ring (bicyclic) bond motifs is 1. The van der Waals surface area contributed by atoms with Crippen LogP contribution >= 0.6 is 12.2 Å². The Morgan fingerprint density at radius 2 is 1.87 bits per heavy atom. The van der Waals surface area contributed by atoms with Gasteiger partial charge in [-0.2, -0.15) is 0 Å². The first kappa shape index (κ1) is 22.8. The molecule has 31 heavy (non-hydrogen) atoms. The van der Waals surface area contributed by atoms with Crippen molar-refractivity contribution in [2.75, 3.05) is 34.3 Å². The fourth-order valence-corrected chi connectivity index (χ4v) is 3.62. The Kier molecular flexibility index (Phi) is 8.03. The molecule has 0 atom stereocenters. The lowest BCUT2D eigenvalue weighted by molar-refractivity contribution is 0.340. The molecule has 1 heterocycles. The van der Waals surface area contributed by atoms with Crippen LogP contribution in [-0.2, 0) is 13.1 Å². The van der Waals surface area contributed by atoms with Gasteiger partial charge in [0.1, 0.15) is 5.75 Å². The van der Waals surface area contributed by atoms with E-state index in [1.165, 1.54) is 0 Å². The fourth-order valence-electron chi connectivity index (χ4n) is 3.39. The van der Waals surface area contributed by atoms with E-state index < -0.39 is 0 Å². The minimum Gasteiger partial charge on any atom is -0.497 e. The third-order valence-electron chi connectivity index (χ3n) is 5.10. The summed E-state index contributed by atoms with van der Waals surface area (Å²) < 4.78 is 5.26. The SMILES string of the molecule is COc1ccc2cc(CN(CCCN(C)C)C(=S)NCc3ccccc3)c(=O)[nH]c2c1. The van der Waals surface area contributed by atoms with Crippen LogP contribution in [0.2, 0.25) is 0 Å². The van der Waals surface area contributed by atoms with Crippen LogP contribution in [0.15, 0.2) is 59.4 Å². The van der Waals surface area contributed by atoms with Crippen molar-refractivity contribution in [3.63, 3.8) is 0 Å². The zero-order valence-electron chi connectivity index (χ0n) is 18.4. The van der Waals surface area contributed by atoms with E-state index in [0.717, 1.165) is 36.0 Å². The summed E-state index contributed by atoms with van der Waals surface area (Å²) >= 11 is 5.70. The molecule has 3 rings (SSSR count). The number of H-pyrrole nitrogens is 1. The largest absolute Gasteiger partial charge is 0.497 e. The van der Waals surface area contributed by atoms with E-state index in [4.69, 9.17) is 17.0 Å². The van der Waals surface area contributed by atoms with Gasteiger partial charge in [0, 0.05) is 24.7 Å². The summed E-state index contributed by atoms with van der Waals surface area (Å²) in [5, 5.41) is 4.96. The van der Waals surface area contributed by atoms with Gasteiger partial charge in [0.25, 0.3) is 5.56 Å². The van der Waals surface area contributed by atoms with Gasteiger partial charge in [0.05, 0.1) is 19.2 Å². The first-order valence-electron chi connectivity index (χ1n) is 10.4. The Bertz CT molecular complexity index is 1070. The number of hydrogen-bond acceptors (Lipinski definition) is 4. The summed E-state index contributed by atoms with van der Waals surface area (Å²) in [6.45, 7) is 2.81. The molecule has 164 valence electrons. The van der Waals surface area contributed by atoms with E-state index >= 15 is 0 Å².